The first-order valence-electron chi connectivity index (χ1n) is 6.22. The minimum atomic E-state index is -0.102. The lowest BCUT2D eigenvalue weighted by molar-refractivity contribution is 0.193. The number of halogens is 1. The van der Waals surface area contributed by atoms with Crippen molar-refractivity contribution < 1.29 is 4.39 Å². The van der Waals surface area contributed by atoms with E-state index in [1.807, 2.05) is 13.1 Å². The van der Waals surface area contributed by atoms with Crippen LogP contribution >= 0.6 is 0 Å². The maximum Gasteiger partial charge on any atom is 0.123 e. The maximum atomic E-state index is 13.4. The van der Waals surface area contributed by atoms with Gasteiger partial charge in [-0.2, -0.15) is 0 Å². The number of fused-ring (bicyclic) bond motifs is 2. The molecule has 1 saturated carbocycles. The van der Waals surface area contributed by atoms with E-state index in [0.717, 1.165) is 6.42 Å². The summed E-state index contributed by atoms with van der Waals surface area (Å²) in [6, 6.07) is 5.72. The third-order valence-electron chi connectivity index (χ3n) is 4.53. The largest absolute Gasteiger partial charge is 0.313 e. The summed E-state index contributed by atoms with van der Waals surface area (Å²) in [5.74, 6) is -0.102. The van der Waals surface area contributed by atoms with Gasteiger partial charge in [0.1, 0.15) is 5.82 Å². The van der Waals surface area contributed by atoms with Gasteiger partial charge in [-0.3, -0.25) is 0 Å². The molecule has 1 unspecified atom stereocenters. The fraction of sp³-hybridized carbons (Fsp3) is 0.571. The van der Waals surface area contributed by atoms with E-state index in [1.165, 1.54) is 36.8 Å². The molecule has 2 aliphatic carbocycles. The summed E-state index contributed by atoms with van der Waals surface area (Å²) in [6.45, 7) is 0. The second-order valence-corrected chi connectivity index (χ2v) is 5.25. The molecular weight excluding hydrogens is 201 g/mol. The maximum absolute atomic E-state index is 13.4. The van der Waals surface area contributed by atoms with Gasteiger partial charge in [0.25, 0.3) is 0 Å². The molecule has 2 heteroatoms. The fourth-order valence-electron chi connectivity index (χ4n) is 3.44. The molecule has 2 aliphatic rings. The molecule has 1 spiro atoms. The van der Waals surface area contributed by atoms with Crippen molar-refractivity contribution in [3.63, 3.8) is 0 Å². The van der Waals surface area contributed by atoms with Gasteiger partial charge in [0.2, 0.25) is 0 Å². The Kier molecular flexibility index (Phi) is 2.28. The van der Waals surface area contributed by atoms with E-state index in [0.29, 0.717) is 11.5 Å². The Bertz CT molecular complexity index is 409. The van der Waals surface area contributed by atoms with Crippen LogP contribution in [0.3, 0.4) is 0 Å². The highest BCUT2D eigenvalue weighted by atomic mass is 19.1. The molecule has 1 fully saturated rings. The second-order valence-electron chi connectivity index (χ2n) is 5.25. The number of nitrogens with one attached hydrogen (secondary N) is 1. The van der Waals surface area contributed by atoms with Crippen molar-refractivity contribution in [3.8, 4) is 0 Å². The molecule has 1 nitrogen and oxygen atoms in total. The number of hydrogen-bond acceptors (Lipinski definition) is 1. The summed E-state index contributed by atoms with van der Waals surface area (Å²) >= 11 is 0. The molecule has 16 heavy (non-hydrogen) atoms. The molecule has 0 aliphatic heterocycles. The first kappa shape index (κ1) is 10.3. The van der Waals surface area contributed by atoms with Crippen LogP contribution in [0.25, 0.3) is 0 Å². The van der Waals surface area contributed by atoms with E-state index in [9.17, 15) is 4.39 Å². The van der Waals surface area contributed by atoms with Crippen molar-refractivity contribution in [1.82, 2.24) is 5.32 Å². The molecule has 1 aromatic rings. The van der Waals surface area contributed by atoms with Gasteiger partial charge in [0.05, 0.1) is 0 Å². The number of hydrogen-bond donors (Lipinski definition) is 1. The van der Waals surface area contributed by atoms with Gasteiger partial charge in [-0.25, -0.2) is 4.39 Å². The number of rotatable bonds is 1. The SMILES string of the molecule is CNC1CCC2(CCC2)c2ccc(F)cc21. The van der Waals surface area contributed by atoms with E-state index >= 15 is 0 Å². The Hall–Kier alpha value is -0.890. The van der Waals surface area contributed by atoms with Crippen molar-refractivity contribution in [1.29, 1.82) is 0 Å². The van der Waals surface area contributed by atoms with Crippen molar-refractivity contribution in [3.05, 3.63) is 35.1 Å². The van der Waals surface area contributed by atoms with Crippen LogP contribution in [-0.2, 0) is 5.41 Å². The molecule has 0 bridgehead atoms. The van der Waals surface area contributed by atoms with Crippen LogP contribution in [0.4, 0.5) is 4.39 Å². The summed E-state index contributed by atoms with van der Waals surface area (Å²) in [5.41, 5.74) is 3.01. The lowest BCUT2D eigenvalue weighted by atomic mass is 9.57. The van der Waals surface area contributed by atoms with Crippen LogP contribution in [0.5, 0.6) is 0 Å². The van der Waals surface area contributed by atoms with Crippen LogP contribution in [0.2, 0.25) is 0 Å². The van der Waals surface area contributed by atoms with Crippen molar-refractivity contribution in [2.45, 2.75) is 43.6 Å². The van der Waals surface area contributed by atoms with Gasteiger partial charge in [-0.15, -0.1) is 0 Å². The molecule has 0 aromatic heterocycles. The Morgan fingerprint density at radius 1 is 1.31 bits per heavy atom. The van der Waals surface area contributed by atoms with Crippen LogP contribution in [0.15, 0.2) is 18.2 Å². The smallest absolute Gasteiger partial charge is 0.123 e. The molecule has 0 heterocycles. The van der Waals surface area contributed by atoms with Gasteiger partial charge in [-0.05, 0) is 61.4 Å². The number of benzene rings is 1. The predicted molar refractivity (Wildman–Crippen MR) is 63.0 cm³/mol. The summed E-state index contributed by atoms with van der Waals surface area (Å²) in [4.78, 5) is 0. The van der Waals surface area contributed by atoms with Crippen molar-refractivity contribution in [2.75, 3.05) is 7.05 Å². The van der Waals surface area contributed by atoms with Gasteiger partial charge < -0.3 is 5.32 Å². The summed E-state index contributed by atoms with van der Waals surface area (Å²) in [5, 5.41) is 3.31. The molecule has 0 radical (unpaired) electrons. The van der Waals surface area contributed by atoms with E-state index in [2.05, 4.69) is 5.32 Å². The van der Waals surface area contributed by atoms with E-state index < -0.39 is 0 Å². The van der Waals surface area contributed by atoms with Crippen LogP contribution in [0.1, 0.15) is 49.3 Å². The lowest BCUT2D eigenvalue weighted by Gasteiger charge is -2.48. The Balaban J connectivity index is 2.10. The Morgan fingerprint density at radius 2 is 2.12 bits per heavy atom. The average molecular weight is 219 g/mol. The highest BCUT2D eigenvalue weighted by Crippen LogP contribution is 2.53. The van der Waals surface area contributed by atoms with E-state index in [-0.39, 0.29) is 5.82 Å². The molecule has 1 atom stereocenters. The Morgan fingerprint density at radius 3 is 2.75 bits per heavy atom. The molecule has 3 rings (SSSR count). The normalized spacial score (nSPS) is 26.2. The zero-order valence-electron chi connectivity index (χ0n) is 9.72. The van der Waals surface area contributed by atoms with Crippen LogP contribution < -0.4 is 5.32 Å². The Labute approximate surface area is 96.1 Å². The quantitative estimate of drug-likeness (QED) is 0.764. The summed E-state index contributed by atoms with van der Waals surface area (Å²) in [6.07, 6.45) is 6.33. The first-order valence-corrected chi connectivity index (χ1v) is 6.22. The first-order chi connectivity index (χ1) is 7.75. The van der Waals surface area contributed by atoms with Gasteiger partial charge >= 0.3 is 0 Å². The minimum absolute atomic E-state index is 0.102. The third-order valence-corrected chi connectivity index (χ3v) is 4.53. The van der Waals surface area contributed by atoms with E-state index in [1.54, 1.807) is 12.1 Å². The topological polar surface area (TPSA) is 12.0 Å². The van der Waals surface area contributed by atoms with Crippen LogP contribution in [0, 0.1) is 5.82 Å². The molecular formula is C14H18FN. The molecule has 86 valence electrons. The molecule has 1 N–H and O–H groups in total. The lowest BCUT2D eigenvalue weighted by Crippen LogP contribution is -2.40. The monoisotopic (exact) mass is 219 g/mol. The average Bonchev–Trinajstić information content (AvgIpc) is 2.25. The molecule has 0 amide bonds. The van der Waals surface area contributed by atoms with Gasteiger partial charge in [0.15, 0.2) is 0 Å². The van der Waals surface area contributed by atoms with Crippen molar-refractivity contribution >= 4 is 0 Å². The third kappa shape index (κ3) is 1.32. The standard InChI is InChI=1S/C14H18FN/c1-16-13-5-8-14(6-2-7-14)12-4-3-10(15)9-11(12)13/h3-4,9,13,16H,2,5-8H2,1H3. The van der Waals surface area contributed by atoms with Gasteiger partial charge in [0, 0.05) is 6.04 Å². The molecule has 1 aromatic carbocycles. The highest BCUT2D eigenvalue weighted by Gasteiger charge is 2.43. The second kappa shape index (κ2) is 3.56. The zero-order chi connectivity index (χ0) is 11.2. The summed E-state index contributed by atoms with van der Waals surface area (Å²) in [7, 11) is 1.97. The van der Waals surface area contributed by atoms with E-state index in [4.69, 9.17) is 0 Å². The van der Waals surface area contributed by atoms with Crippen molar-refractivity contribution in [2.24, 2.45) is 0 Å². The minimum Gasteiger partial charge on any atom is -0.313 e. The van der Waals surface area contributed by atoms with Crippen LogP contribution in [-0.4, -0.2) is 7.05 Å². The zero-order valence-corrected chi connectivity index (χ0v) is 9.72. The highest BCUT2D eigenvalue weighted by molar-refractivity contribution is 5.41. The predicted octanol–water partition coefficient (Wildman–Crippen LogP) is 3.30. The summed E-state index contributed by atoms with van der Waals surface area (Å²) < 4.78 is 13.4. The van der Waals surface area contributed by atoms with Gasteiger partial charge in [-0.1, -0.05) is 12.5 Å². The fourth-order valence-corrected chi connectivity index (χ4v) is 3.44. The molecule has 0 saturated heterocycles.